The summed E-state index contributed by atoms with van der Waals surface area (Å²) in [5.74, 6) is 0. The normalized spacial score (nSPS) is 11.3. The molecule has 0 fully saturated rings. The average Bonchev–Trinajstić information content (AvgIpc) is 2.83. The minimum Gasteiger partial charge on any atom is -0.256 e. The minimum absolute atomic E-state index is 0.882. The molecule has 6 aromatic rings. The Balaban J connectivity index is 1.41. The van der Waals surface area contributed by atoms with Gasteiger partial charge in [-0.1, -0.05) is 24.3 Å². The molecule has 4 heteroatoms. The van der Waals surface area contributed by atoms with Crippen molar-refractivity contribution in [3.63, 3.8) is 0 Å². The highest BCUT2D eigenvalue weighted by atomic mass is 14.9. The van der Waals surface area contributed by atoms with E-state index in [4.69, 9.17) is 4.98 Å². The maximum Gasteiger partial charge on any atom is 0.212 e. The Kier molecular flexibility index (Phi) is 3.74. The number of hydrogen-bond acceptors (Lipinski definition) is 3. The summed E-state index contributed by atoms with van der Waals surface area (Å²) in [5, 5.41) is 3.47. The van der Waals surface area contributed by atoms with Gasteiger partial charge in [0.2, 0.25) is 5.69 Å². The fourth-order valence-electron chi connectivity index (χ4n) is 3.82. The van der Waals surface area contributed by atoms with Gasteiger partial charge in [0.15, 0.2) is 12.4 Å². The molecule has 140 valence electrons. The molecule has 0 aliphatic carbocycles. The second kappa shape index (κ2) is 6.71. The van der Waals surface area contributed by atoms with E-state index in [0.29, 0.717) is 0 Å². The highest BCUT2D eigenvalue weighted by Gasteiger charge is 2.10. The molecule has 0 amide bonds. The summed E-state index contributed by atoms with van der Waals surface area (Å²) in [5.41, 5.74) is 5.85. The Bertz CT molecular complexity index is 1440. The van der Waals surface area contributed by atoms with Crippen molar-refractivity contribution in [3.8, 4) is 16.9 Å². The molecule has 3 aromatic heterocycles. The molecule has 0 spiro atoms. The molecule has 0 atom stereocenters. The third-order valence-corrected chi connectivity index (χ3v) is 5.41. The minimum atomic E-state index is 0.882. The molecule has 0 saturated carbocycles. The second-order valence-electron chi connectivity index (χ2n) is 7.32. The number of para-hydroxylation sites is 2. The van der Waals surface area contributed by atoms with Gasteiger partial charge in [-0.2, -0.15) is 4.57 Å². The van der Waals surface area contributed by atoms with Gasteiger partial charge >= 0.3 is 0 Å². The number of pyridine rings is 2. The van der Waals surface area contributed by atoms with E-state index in [9.17, 15) is 0 Å². The Hall–Kier alpha value is -4.18. The van der Waals surface area contributed by atoms with Crippen molar-refractivity contribution in [1.29, 1.82) is 0 Å². The first-order valence-electron chi connectivity index (χ1n) is 9.86. The lowest BCUT2D eigenvalue weighted by Crippen LogP contribution is -2.29. The molecule has 0 unspecified atom stereocenters. The van der Waals surface area contributed by atoms with Crippen molar-refractivity contribution in [2.75, 3.05) is 0 Å². The van der Waals surface area contributed by atoms with Crippen molar-refractivity contribution in [1.82, 2.24) is 15.0 Å². The standard InChI is InChI=1S/C26H17N4/c1-2-6-24-23(5-1)28-16-26(29-24)20-7-8-21-17-30(13-11-19(21)14-20)22-10-9-18-4-3-12-27-25(18)15-22/h1-17H/q+1. The molecule has 3 aromatic carbocycles. The van der Waals surface area contributed by atoms with Gasteiger partial charge in [0, 0.05) is 40.7 Å². The lowest BCUT2D eigenvalue weighted by Gasteiger charge is -2.05. The first kappa shape index (κ1) is 16.7. The highest BCUT2D eigenvalue weighted by Crippen LogP contribution is 2.24. The van der Waals surface area contributed by atoms with E-state index in [0.717, 1.165) is 49.7 Å². The quantitative estimate of drug-likeness (QED) is 0.381. The van der Waals surface area contributed by atoms with Crippen LogP contribution in [0, 0.1) is 0 Å². The third-order valence-electron chi connectivity index (χ3n) is 5.41. The molecule has 30 heavy (non-hydrogen) atoms. The predicted molar refractivity (Wildman–Crippen MR) is 119 cm³/mol. The molecule has 0 N–H and O–H groups in total. The van der Waals surface area contributed by atoms with E-state index in [1.165, 1.54) is 0 Å². The van der Waals surface area contributed by atoms with Crippen LogP contribution in [0.2, 0.25) is 0 Å². The lowest BCUT2D eigenvalue weighted by molar-refractivity contribution is -0.594. The molecular formula is C26H17N4+. The largest absolute Gasteiger partial charge is 0.256 e. The highest BCUT2D eigenvalue weighted by molar-refractivity contribution is 5.86. The van der Waals surface area contributed by atoms with Crippen LogP contribution < -0.4 is 4.57 Å². The molecule has 0 saturated heterocycles. The maximum absolute atomic E-state index is 4.77. The summed E-state index contributed by atoms with van der Waals surface area (Å²) in [7, 11) is 0. The van der Waals surface area contributed by atoms with Crippen molar-refractivity contribution in [2.45, 2.75) is 0 Å². The number of rotatable bonds is 2. The van der Waals surface area contributed by atoms with Crippen LogP contribution in [-0.2, 0) is 0 Å². The number of hydrogen-bond donors (Lipinski definition) is 0. The SMILES string of the molecule is c1cnc2cc(-[n+]3ccc4cc(-c5cnc6ccccc6n5)ccc4c3)ccc2c1. The summed E-state index contributed by atoms with van der Waals surface area (Å²) in [6.45, 7) is 0. The Morgan fingerprint density at radius 3 is 2.50 bits per heavy atom. The van der Waals surface area contributed by atoms with Crippen molar-refractivity contribution in [3.05, 3.63) is 104 Å². The molecule has 0 aliphatic heterocycles. The van der Waals surface area contributed by atoms with Crippen LogP contribution in [0.4, 0.5) is 0 Å². The van der Waals surface area contributed by atoms with Crippen molar-refractivity contribution < 1.29 is 4.57 Å². The summed E-state index contributed by atoms with van der Waals surface area (Å²) in [6.07, 6.45) is 7.90. The Labute approximate surface area is 173 Å². The molecular weight excluding hydrogens is 368 g/mol. The number of aromatic nitrogens is 4. The lowest BCUT2D eigenvalue weighted by atomic mass is 10.1. The van der Waals surface area contributed by atoms with Gasteiger partial charge in [0.1, 0.15) is 0 Å². The van der Waals surface area contributed by atoms with Gasteiger partial charge in [0.05, 0.1) is 28.4 Å². The van der Waals surface area contributed by atoms with Gasteiger partial charge in [0.25, 0.3) is 0 Å². The van der Waals surface area contributed by atoms with E-state index in [-0.39, 0.29) is 0 Å². The summed E-state index contributed by atoms with van der Waals surface area (Å²) in [6, 6.07) is 26.9. The fourth-order valence-corrected chi connectivity index (χ4v) is 3.82. The first-order chi connectivity index (χ1) is 14.8. The third kappa shape index (κ3) is 2.86. The second-order valence-corrected chi connectivity index (χ2v) is 7.32. The Morgan fingerprint density at radius 2 is 1.53 bits per heavy atom. The zero-order valence-electron chi connectivity index (χ0n) is 16.1. The molecule has 0 aliphatic rings. The average molecular weight is 385 g/mol. The summed E-state index contributed by atoms with van der Waals surface area (Å²) >= 11 is 0. The van der Waals surface area contributed by atoms with Crippen LogP contribution in [0.5, 0.6) is 0 Å². The zero-order valence-corrected chi connectivity index (χ0v) is 16.1. The zero-order chi connectivity index (χ0) is 19.9. The summed E-state index contributed by atoms with van der Waals surface area (Å²) < 4.78 is 2.13. The van der Waals surface area contributed by atoms with Crippen molar-refractivity contribution in [2.24, 2.45) is 0 Å². The van der Waals surface area contributed by atoms with E-state index in [1.807, 2.05) is 42.7 Å². The van der Waals surface area contributed by atoms with Gasteiger partial charge in [-0.05, 0) is 41.8 Å². The Morgan fingerprint density at radius 1 is 0.633 bits per heavy atom. The molecule has 0 radical (unpaired) electrons. The van der Waals surface area contributed by atoms with Crippen LogP contribution in [0.25, 0.3) is 49.7 Å². The van der Waals surface area contributed by atoms with Crippen LogP contribution in [0.15, 0.2) is 104 Å². The van der Waals surface area contributed by atoms with Crippen LogP contribution in [0.1, 0.15) is 0 Å². The molecule has 0 bridgehead atoms. The van der Waals surface area contributed by atoms with E-state index < -0.39 is 0 Å². The fraction of sp³-hybridized carbons (Fsp3) is 0. The van der Waals surface area contributed by atoms with Crippen LogP contribution in [-0.4, -0.2) is 15.0 Å². The molecule has 6 rings (SSSR count). The van der Waals surface area contributed by atoms with E-state index >= 15 is 0 Å². The molecule has 3 heterocycles. The van der Waals surface area contributed by atoms with E-state index in [1.54, 1.807) is 0 Å². The first-order valence-corrected chi connectivity index (χ1v) is 9.86. The smallest absolute Gasteiger partial charge is 0.212 e. The maximum atomic E-state index is 4.77. The van der Waals surface area contributed by atoms with Gasteiger partial charge in [-0.15, -0.1) is 0 Å². The monoisotopic (exact) mass is 385 g/mol. The van der Waals surface area contributed by atoms with Crippen molar-refractivity contribution >= 4 is 32.7 Å². The van der Waals surface area contributed by atoms with Gasteiger partial charge in [-0.25, -0.2) is 4.98 Å². The number of benzene rings is 3. The number of nitrogens with zero attached hydrogens (tertiary/aromatic N) is 4. The van der Waals surface area contributed by atoms with E-state index in [2.05, 4.69) is 75.5 Å². The predicted octanol–water partition coefficient (Wildman–Crippen LogP) is 5.27. The molecule has 4 nitrogen and oxygen atoms in total. The van der Waals surface area contributed by atoms with Gasteiger partial charge < -0.3 is 0 Å². The summed E-state index contributed by atoms with van der Waals surface area (Å²) in [4.78, 5) is 13.8. The van der Waals surface area contributed by atoms with Crippen LogP contribution >= 0.6 is 0 Å². The van der Waals surface area contributed by atoms with Crippen LogP contribution in [0.3, 0.4) is 0 Å². The number of fused-ring (bicyclic) bond motifs is 3. The van der Waals surface area contributed by atoms with Gasteiger partial charge in [-0.3, -0.25) is 9.97 Å². The topological polar surface area (TPSA) is 42.5 Å².